The standard InChI is InChI=1S/C13H21NO2S/c1-12(2)9-13(15,5-6-16-12)10-14-8-11-4-3-7-17-11/h3-4,7,14-15H,5-6,8-10H2,1-2H3/p+1/t13-/m1/s1. The molecule has 1 aromatic rings. The van der Waals surface area contributed by atoms with Gasteiger partial charge >= 0.3 is 0 Å². The summed E-state index contributed by atoms with van der Waals surface area (Å²) in [6.45, 7) is 6.49. The fraction of sp³-hybridized carbons (Fsp3) is 0.692. The van der Waals surface area contributed by atoms with Gasteiger partial charge in [-0.3, -0.25) is 0 Å². The van der Waals surface area contributed by atoms with Gasteiger partial charge in [-0.15, -0.1) is 11.3 Å². The van der Waals surface area contributed by atoms with Gasteiger partial charge in [-0.25, -0.2) is 0 Å². The van der Waals surface area contributed by atoms with Gasteiger partial charge in [-0.1, -0.05) is 6.07 Å². The normalized spacial score (nSPS) is 28.2. The monoisotopic (exact) mass is 256 g/mol. The molecule has 1 atom stereocenters. The molecule has 96 valence electrons. The zero-order valence-electron chi connectivity index (χ0n) is 10.6. The Morgan fingerprint density at radius 1 is 1.53 bits per heavy atom. The number of nitrogens with two attached hydrogens (primary N) is 1. The van der Waals surface area contributed by atoms with Crippen LogP contribution in [0.1, 0.15) is 31.6 Å². The first-order valence-corrected chi connectivity index (χ1v) is 7.08. The van der Waals surface area contributed by atoms with E-state index in [4.69, 9.17) is 4.74 Å². The van der Waals surface area contributed by atoms with Gasteiger partial charge < -0.3 is 15.2 Å². The summed E-state index contributed by atoms with van der Waals surface area (Å²) in [7, 11) is 0. The van der Waals surface area contributed by atoms with Gasteiger partial charge in [0.15, 0.2) is 0 Å². The molecule has 1 fully saturated rings. The molecule has 3 N–H and O–H groups in total. The average molecular weight is 256 g/mol. The van der Waals surface area contributed by atoms with Gasteiger partial charge in [0.2, 0.25) is 0 Å². The van der Waals surface area contributed by atoms with Crippen LogP contribution in [0.4, 0.5) is 0 Å². The molecule has 0 unspecified atom stereocenters. The average Bonchev–Trinajstić information content (AvgIpc) is 2.68. The Labute approximate surface area is 107 Å². The molecule has 17 heavy (non-hydrogen) atoms. The summed E-state index contributed by atoms with van der Waals surface area (Å²) in [5.41, 5.74) is -0.761. The Morgan fingerprint density at radius 3 is 3.00 bits per heavy atom. The van der Waals surface area contributed by atoms with Crippen LogP contribution in [0.15, 0.2) is 17.5 Å². The van der Waals surface area contributed by atoms with Gasteiger partial charge in [-0.05, 0) is 25.3 Å². The molecule has 1 aliphatic rings. The number of ether oxygens (including phenoxy) is 1. The van der Waals surface area contributed by atoms with Crippen molar-refractivity contribution in [2.75, 3.05) is 13.2 Å². The topological polar surface area (TPSA) is 46.1 Å². The molecule has 1 saturated heterocycles. The maximum absolute atomic E-state index is 10.5. The molecule has 4 heteroatoms. The highest BCUT2D eigenvalue weighted by atomic mass is 32.1. The highest BCUT2D eigenvalue weighted by Crippen LogP contribution is 2.30. The third kappa shape index (κ3) is 3.78. The summed E-state index contributed by atoms with van der Waals surface area (Å²) in [5, 5.41) is 14.8. The van der Waals surface area contributed by atoms with Crippen molar-refractivity contribution >= 4 is 11.3 Å². The second-order valence-corrected chi connectivity index (χ2v) is 6.57. The van der Waals surface area contributed by atoms with Crippen LogP contribution in [-0.4, -0.2) is 29.5 Å². The quantitative estimate of drug-likeness (QED) is 0.848. The van der Waals surface area contributed by atoms with Crippen LogP contribution in [0.25, 0.3) is 0 Å². The van der Waals surface area contributed by atoms with E-state index in [1.165, 1.54) is 4.88 Å². The highest BCUT2D eigenvalue weighted by molar-refractivity contribution is 7.09. The number of quaternary nitrogens is 1. The summed E-state index contributed by atoms with van der Waals surface area (Å²) >= 11 is 1.77. The minimum absolute atomic E-state index is 0.191. The third-order valence-corrected chi connectivity index (χ3v) is 4.16. The van der Waals surface area contributed by atoms with Crippen molar-refractivity contribution in [1.29, 1.82) is 0 Å². The van der Waals surface area contributed by atoms with Crippen molar-refractivity contribution in [3.8, 4) is 0 Å². The van der Waals surface area contributed by atoms with Crippen LogP contribution in [0.5, 0.6) is 0 Å². The van der Waals surface area contributed by atoms with Crippen molar-refractivity contribution in [2.45, 2.75) is 44.4 Å². The predicted molar refractivity (Wildman–Crippen MR) is 69.0 cm³/mol. The minimum Gasteiger partial charge on any atom is -0.384 e. The lowest BCUT2D eigenvalue weighted by Crippen LogP contribution is -2.87. The number of thiophene rings is 1. The zero-order valence-corrected chi connectivity index (χ0v) is 11.4. The van der Waals surface area contributed by atoms with E-state index in [0.717, 1.165) is 25.9 Å². The van der Waals surface area contributed by atoms with E-state index in [1.54, 1.807) is 11.3 Å². The number of hydrogen-bond donors (Lipinski definition) is 2. The molecule has 1 aromatic heterocycles. The van der Waals surface area contributed by atoms with E-state index in [-0.39, 0.29) is 5.60 Å². The minimum atomic E-state index is -0.570. The molecule has 2 rings (SSSR count). The lowest BCUT2D eigenvalue weighted by molar-refractivity contribution is -0.683. The Hall–Kier alpha value is -0.420. The summed E-state index contributed by atoms with van der Waals surface area (Å²) < 4.78 is 5.64. The van der Waals surface area contributed by atoms with Crippen LogP contribution in [0, 0.1) is 0 Å². The molecule has 0 spiro atoms. The molecule has 3 nitrogen and oxygen atoms in total. The molecule has 2 heterocycles. The summed E-state index contributed by atoms with van der Waals surface area (Å²) in [4.78, 5) is 1.36. The van der Waals surface area contributed by atoms with Crippen LogP contribution in [-0.2, 0) is 11.3 Å². The van der Waals surface area contributed by atoms with E-state index in [2.05, 4.69) is 36.7 Å². The first-order valence-electron chi connectivity index (χ1n) is 6.20. The summed E-state index contributed by atoms with van der Waals surface area (Å²) in [6.07, 6.45) is 1.47. The number of rotatable bonds is 4. The second-order valence-electron chi connectivity index (χ2n) is 5.54. The highest BCUT2D eigenvalue weighted by Gasteiger charge is 2.40. The molecular formula is C13H22NO2S+. The largest absolute Gasteiger partial charge is 0.384 e. The van der Waals surface area contributed by atoms with Crippen LogP contribution >= 0.6 is 11.3 Å². The zero-order chi connectivity index (χ0) is 12.4. The molecule has 1 aliphatic heterocycles. The second kappa shape index (κ2) is 5.06. The van der Waals surface area contributed by atoms with Crippen molar-refractivity contribution in [3.63, 3.8) is 0 Å². The smallest absolute Gasteiger partial charge is 0.118 e. The number of aliphatic hydroxyl groups is 1. The van der Waals surface area contributed by atoms with E-state index in [1.807, 2.05) is 0 Å². The lowest BCUT2D eigenvalue weighted by Gasteiger charge is -2.40. The molecule has 0 aliphatic carbocycles. The first kappa shape index (κ1) is 13.0. The first-order chi connectivity index (χ1) is 7.99. The maximum atomic E-state index is 10.5. The van der Waals surface area contributed by atoms with Crippen molar-refractivity contribution in [2.24, 2.45) is 0 Å². The van der Waals surface area contributed by atoms with E-state index >= 15 is 0 Å². The van der Waals surface area contributed by atoms with E-state index in [0.29, 0.717) is 6.61 Å². The van der Waals surface area contributed by atoms with Gasteiger partial charge in [0.1, 0.15) is 18.7 Å². The van der Waals surface area contributed by atoms with E-state index in [9.17, 15) is 5.11 Å². The third-order valence-electron chi connectivity index (χ3n) is 3.26. The van der Waals surface area contributed by atoms with Crippen molar-refractivity contribution in [1.82, 2.24) is 0 Å². The van der Waals surface area contributed by atoms with Gasteiger partial charge in [-0.2, -0.15) is 0 Å². The Kier molecular flexibility index (Phi) is 3.88. The Balaban J connectivity index is 1.81. The van der Waals surface area contributed by atoms with Gasteiger partial charge in [0, 0.05) is 12.8 Å². The SMILES string of the molecule is CC1(C)C[C@@](O)(C[NH2+]Cc2cccs2)CCO1. The molecule has 0 saturated carbocycles. The van der Waals surface area contributed by atoms with Gasteiger partial charge in [0.05, 0.1) is 17.1 Å². The van der Waals surface area contributed by atoms with Crippen molar-refractivity contribution < 1.29 is 15.2 Å². The predicted octanol–water partition coefficient (Wildman–Crippen LogP) is 1.13. The summed E-state index contributed by atoms with van der Waals surface area (Å²) in [6, 6.07) is 4.21. The lowest BCUT2D eigenvalue weighted by atomic mass is 9.84. The molecule has 0 aromatic carbocycles. The van der Waals surface area contributed by atoms with E-state index < -0.39 is 5.60 Å². The fourth-order valence-electron chi connectivity index (χ4n) is 2.54. The summed E-state index contributed by atoms with van der Waals surface area (Å²) in [5.74, 6) is 0. The van der Waals surface area contributed by atoms with Crippen LogP contribution in [0.3, 0.4) is 0 Å². The Bertz CT molecular complexity index is 350. The van der Waals surface area contributed by atoms with Crippen LogP contribution in [0.2, 0.25) is 0 Å². The number of hydrogen-bond acceptors (Lipinski definition) is 3. The van der Waals surface area contributed by atoms with Crippen LogP contribution < -0.4 is 5.32 Å². The van der Waals surface area contributed by atoms with Gasteiger partial charge in [0.25, 0.3) is 0 Å². The fourth-order valence-corrected chi connectivity index (χ4v) is 3.24. The van der Waals surface area contributed by atoms with Crippen molar-refractivity contribution in [3.05, 3.63) is 22.4 Å². The molecule has 0 bridgehead atoms. The molecular weight excluding hydrogens is 234 g/mol. The molecule has 0 radical (unpaired) electrons. The maximum Gasteiger partial charge on any atom is 0.118 e. The molecule has 0 amide bonds. The Morgan fingerprint density at radius 2 is 2.35 bits per heavy atom.